The highest BCUT2D eigenvalue weighted by molar-refractivity contribution is 5.79. The summed E-state index contributed by atoms with van der Waals surface area (Å²) in [5, 5.41) is 0. The maximum absolute atomic E-state index is 4.71. The molecule has 3 aromatic heterocycles. The third kappa shape index (κ3) is 1.89. The number of pyridine rings is 2. The summed E-state index contributed by atoms with van der Waals surface area (Å²) >= 11 is 0. The van der Waals surface area contributed by atoms with E-state index in [1.807, 2.05) is 39.2 Å². The average molecular weight is 252 g/mol. The van der Waals surface area contributed by atoms with Crippen molar-refractivity contribution in [1.82, 2.24) is 19.5 Å². The van der Waals surface area contributed by atoms with Gasteiger partial charge >= 0.3 is 0 Å². The molecule has 0 unspecified atom stereocenters. The minimum absolute atomic E-state index is 0.892. The number of aromatic nitrogens is 4. The smallest absolute Gasteiger partial charge is 0.159 e. The molecule has 19 heavy (non-hydrogen) atoms. The molecular formula is C15H16N4. The number of aryl methyl sites for hydroxylation is 4. The van der Waals surface area contributed by atoms with Crippen LogP contribution in [0.1, 0.15) is 17.0 Å². The maximum Gasteiger partial charge on any atom is 0.159 e. The molecule has 4 heteroatoms. The zero-order valence-electron chi connectivity index (χ0n) is 11.6. The second-order valence-electron chi connectivity index (χ2n) is 4.93. The Bertz CT molecular complexity index is 771. The van der Waals surface area contributed by atoms with Gasteiger partial charge in [-0.05, 0) is 38.5 Å². The van der Waals surface area contributed by atoms with Crippen molar-refractivity contribution in [2.24, 2.45) is 7.05 Å². The van der Waals surface area contributed by atoms with Gasteiger partial charge in [-0.1, -0.05) is 6.07 Å². The first-order valence-electron chi connectivity index (χ1n) is 6.30. The molecule has 0 saturated carbocycles. The summed E-state index contributed by atoms with van der Waals surface area (Å²) in [7, 11) is 2.01. The Morgan fingerprint density at radius 2 is 1.79 bits per heavy atom. The van der Waals surface area contributed by atoms with E-state index in [0.29, 0.717) is 0 Å². The van der Waals surface area contributed by atoms with E-state index in [4.69, 9.17) is 4.98 Å². The van der Waals surface area contributed by atoms with Crippen LogP contribution >= 0.6 is 0 Å². The van der Waals surface area contributed by atoms with Crippen molar-refractivity contribution >= 4 is 11.0 Å². The van der Waals surface area contributed by atoms with Gasteiger partial charge in [0.15, 0.2) is 5.82 Å². The summed E-state index contributed by atoms with van der Waals surface area (Å²) in [5.41, 5.74) is 6.05. The highest BCUT2D eigenvalue weighted by Crippen LogP contribution is 2.24. The molecule has 0 aliphatic carbocycles. The van der Waals surface area contributed by atoms with Gasteiger partial charge in [-0.25, -0.2) is 9.97 Å². The van der Waals surface area contributed by atoms with Crippen LogP contribution in [0.4, 0.5) is 0 Å². The Morgan fingerprint density at radius 3 is 2.58 bits per heavy atom. The van der Waals surface area contributed by atoms with E-state index >= 15 is 0 Å². The molecule has 0 aliphatic heterocycles. The fraction of sp³-hybridized carbons (Fsp3) is 0.267. The molecule has 96 valence electrons. The van der Waals surface area contributed by atoms with E-state index in [9.17, 15) is 0 Å². The molecule has 3 aromatic rings. The lowest BCUT2D eigenvalue weighted by Gasteiger charge is -2.06. The summed E-state index contributed by atoms with van der Waals surface area (Å²) in [6.45, 7) is 6.03. The lowest BCUT2D eigenvalue weighted by molar-refractivity contribution is 0.941. The van der Waals surface area contributed by atoms with Crippen LogP contribution in [-0.2, 0) is 7.05 Å². The van der Waals surface area contributed by atoms with Crippen LogP contribution in [0.2, 0.25) is 0 Å². The molecule has 0 aromatic carbocycles. The molecule has 3 rings (SSSR count). The molecule has 0 bridgehead atoms. The van der Waals surface area contributed by atoms with Gasteiger partial charge in [0, 0.05) is 18.4 Å². The lowest BCUT2D eigenvalue weighted by atomic mass is 10.2. The molecular weight excluding hydrogens is 236 g/mol. The molecule has 0 fully saturated rings. The maximum atomic E-state index is 4.71. The number of hydrogen-bond acceptors (Lipinski definition) is 3. The molecule has 0 atom stereocenters. The number of hydrogen-bond donors (Lipinski definition) is 0. The molecule has 0 radical (unpaired) electrons. The highest BCUT2D eigenvalue weighted by Gasteiger charge is 2.13. The van der Waals surface area contributed by atoms with Crippen LogP contribution in [-0.4, -0.2) is 19.5 Å². The monoisotopic (exact) mass is 252 g/mol. The van der Waals surface area contributed by atoms with Gasteiger partial charge in [-0.3, -0.25) is 4.98 Å². The van der Waals surface area contributed by atoms with Crippen LogP contribution in [0.3, 0.4) is 0 Å². The van der Waals surface area contributed by atoms with E-state index in [-0.39, 0.29) is 0 Å². The molecule has 0 N–H and O–H groups in total. The number of fused-ring (bicyclic) bond motifs is 1. The molecule has 0 spiro atoms. The Hall–Kier alpha value is -2.23. The molecule has 0 saturated heterocycles. The Kier molecular flexibility index (Phi) is 2.59. The van der Waals surface area contributed by atoms with Gasteiger partial charge in [-0.15, -0.1) is 0 Å². The van der Waals surface area contributed by atoms with Crippen LogP contribution in [0.15, 0.2) is 24.4 Å². The quantitative estimate of drug-likeness (QED) is 0.668. The van der Waals surface area contributed by atoms with E-state index in [0.717, 1.165) is 39.5 Å². The normalized spacial score (nSPS) is 11.2. The second kappa shape index (κ2) is 4.16. The van der Waals surface area contributed by atoms with Crippen LogP contribution in [0, 0.1) is 20.8 Å². The molecule has 3 heterocycles. The Balaban J connectivity index is 2.30. The standard InChI is InChI=1S/C15H16N4/c1-9-5-6-10(2)17-14(9)15-18-12-7-11(3)16-8-13(12)19(15)4/h5-8H,1-4H3. The predicted octanol–water partition coefficient (Wildman–Crippen LogP) is 2.96. The lowest BCUT2D eigenvalue weighted by Crippen LogP contribution is -1.98. The topological polar surface area (TPSA) is 43.6 Å². The summed E-state index contributed by atoms with van der Waals surface area (Å²) in [6.07, 6.45) is 1.87. The fourth-order valence-corrected chi connectivity index (χ4v) is 2.25. The Labute approximate surface area is 112 Å². The van der Waals surface area contributed by atoms with Crippen molar-refractivity contribution in [3.8, 4) is 11.5 Å². The number of rotatable bonds is 1. The van der Waals surface area contributed by atoms with Crippen molar-refractivity contribution in [2.75, 3.05) is 0 Å². The summed E-state index contributed by atoms with van der Waals surface area (Å²) < 4.78 is 2.05. The van der Waals surface area contributed by atoms with Gasteiger partial charge in [0.05, 0.1) is 17.2 Å². The van der Waals surface area contributed by atoms with E-state index in [2.05, 4.69) is 27.5 Å². The number of nitrogens with zero attached hydrogens (tertiary/aromatic N) is 4. The fourth-order valence-electron chi connectivity index (χ4n) is 2.25. The SMILES string of the molecule is Cc1cc2nc(-c3nc(C)ccc3C)n(C)c2cn1. The van der Waals surface area contributed by atoms with Gasteiger partial charge in [0.2, 0.25) is 0 Å². The van der Waals surface area contributed by atoms with Crippen LogP contribution in [0.25, 0.3) is 22.6 Å². The largest absolute Gasteiger partial charge is 0.325 e. The first-order chi connectivity index (χ1) is 9.06. The second-order valence-corrected chi connectivity index (χ2v) is 4.93. The highest BCUT2D eigenvalue weighted by atomic mass is 15.1. The zero-order chi connectivity index (χ0) is 13.6. The van der Waals surface area contributed by atoms with Crippen molar-refractivity contribution < 1.29 is 0 Å². The van der Waals surface area contributed by atoms with Crippen molar-refractivity contribution in [3.63, 3.8) is 0 Å². The first-order valence-corrected chi connectivity index (χ1v) is 6.30. The van der Waals surface area contributed by atoms with Crippen LogP contribution in [0.5, 0.6) is 0 Å². The average Bonchev–Trinajstić information content (AvgIpc) is 2.69. The summed E-state index contributed by atoms with van der Waals surface area (Å²) in [6, 6.07) is 6.11. The third-order valence-electron chi connectivity index (χ3n) is 3.35. The minimum atomic E-state index is 0.892. The van der Waals surface area contributed by atoms with Crippen LogP contribution < -0.4 is 0 Å². The first kappa shape index (κ1) is 11.8. The van der Waals surface area contributed by atoms with E-state index in [1.165, 1.54) is 0 Å². The zero-order valence-corrected chi connectivity index (χ0v) is 11.6. The van der Waals surface area contributed by atoms with Crippen molar-refractivity contribution in [1.29, 1.82) is 0 Å². The van der Waals surface area contributed by atoms with E-state index in [1.54, 1.807) is 0 Å². The molecule has 0 aliphatic rings. The van der Waals surface area contributed by atoms with Gasteiger partial charge in [0.1, 0.15) is 5.69 Å². The van der Waals surface area contributed by atoms with Gasteiger partial charge < -0.3 is 4.57 Å². The molecule has 0 amide bonds. The van der Waals surface area contributed by atoms with Gasteiger partial charge in [0.25, 0.3) is 0 Å². The summed E-state index contributed by atoms with van der Waals surface area (Å²) in [5.74, 6) is 0.892. The minimum Gasteiger partial charge on any atom is -0.325 e. The van der Waals surface area contributed by atoms with Crippen molar-refractivity contribution in [3.05, 3.63) is 41.3 Å². The third-order valence-corrected chi connectivity index (χ3v) is 3.35. The summed E-state index contributed by atoms with van der Waals surface area (Å²) in [4.78, 5) is 13.7. The van der Waals surface area contributed by atoms with Crippen molar-refractivity contribution in [2.45, 2.75) is 20.8 Å². The number of imidazole rings is 1. The van der Waals surface area contributed by atoms with E-state index < -0.39 is 0 Å². The Morgan fingerprint density at radius 1 is 1.00 bits per heavy atom. The predicted molar refractivity (Wildman–Crippen MR) is 76.0 cm³/mol. The molecule has 4 nitrogen and oxygen atoms in total. The van der Waals surface area contributed by atoms with Gasteiger partial charge in [-0.2, -0.15) is 0 Å².